The molecule has 1 saturated carbocycles. The highest BCUT2D eigenvalue weighted by Crippen LogP contribution is 2.33. The number of hydrogen-bond donors (Lipinski definition) is 2. The third kappa shape index (κ3) is 2.04. The van der Waals surface area contributed by atoms with Crippen LogP contribution in [0.25, 0.3) is 11.0 Å². The van der Waals surface area contributed by atoms with Gasteiger partial charge in [0.2, 0.25) is 5.91 Å². The number of hydrogen-bond acceptors (Lipinski definition) is 5. The number of fused-ring (bicyclic) bond motifs is 1. The molecule has 3 N–H and O–H groups in total. The van der Waals surface area contributed by atoms with Crippen LogP contribution in [-0.2, 0) is 18.9 Å². The fraction of sp³-hybridized carbons (Fsp3) is 0.385. The average molecular weight is 289 g/mol. The third-order valence-corrected chi connectivity index (χ3v) is 3.79. The van der Waals surface area contributed by atoms with Crippen molar-refractivity contribution in [3.8, 4) is 0 Å². The Balaban J connectivity index is 2.10. The van der Waals surface area contributed by atoms with Gasteiger partial charge in [-0.25, -0.2) is 9.78 Å². The lowest BCUT2D eigenvalue weighted by Gasteiger charge is -2.11. The van der Waals surface area contributed by atoms with Crippen LogP contribution in [0, 0.1) is 0 Å². The minimum absolute atomic E-state index is 0.263. The van der Waals surface area contributed by atoms with Crippen molar-refractivity contribution in [1.82, 2.24) is 14.1 Å². The Kier molecular flexibility index (Phi) is 2.74. The molecule has 0 aromatic carbocycles. The maximum atomic E-state index is 12.1. The summed E-state index contributed by atoms with van der Waals surface area (Å²) in [6.45, 7) is 0. The second-order valence-electron chi connectivity index (χ2n) is 5.41. The number of rotatable bonds is 2. The zero-order valence-electron chi connectivity index (χ0n) is 11.7. The number of nitrogens with one attached hydrogen (secondary N) is 1. The molecule has 0 bridgehead atoms. The van der Waals surface area contributed by atoms with Gasteiger partial charge < -0.3 is 11.1 Å². The first-order chi connectivity index (χ1) is 9.83. The van der Waals surface area contributed by atoms with Gasteiger partial charge in [0.1, 0.15) is 5.65 Å². The topological polar surface area (TPSA) is 112 Å². The van der Waals surface area contributed by atoms with Gasteiger partial charge in [0, 0.05) is 14.1 Å². The van der Waals surface area contributed by atoms with E-state index in [4.69, 9.17) is 5.73 Å². The number of nitrogens with two attached hydrogens (primary N) is 1. The van der Waals surface area contributed by atoms with Crippen LogP contribution in [-0.4, -0.2) is 25.6 Å². The molecule has 0 aliphatic heterocycles. The summed E-state index contributed by atoms with van der Waals surface area (Å²) in [5.41, 5.74) is 4.76. The highest BCUT2D eigenvalue weighted by molar-refractivity contribution is 6.00. The molecule has 1 fully saturated rings. The number of aromatic nitrogens is 3. The van der Waals surface area contributed by atoms with E-state index < -0.39 is 16.8 Å². The van der Waals surface area contributed by atoms with Crippen LogP contribution in [0.2, 0.25) is 0 Å². The van der Waals surface area contributed by atoms with Crippen LogP contribution >= 0.6 is 0 Å². The van der Waals surface area contributed by atoms with Crippen molar-refractivity contribution in [3.05, 3.63) is 33.1 Å². The summed E-state index contributed by atoms with van der Waals surface area (Å²) in [5.74, 6) is -0.287. The highest BCUT2D eigenvalue weighted by atomic mass is 16.2. The van der Waals surface area contributed by atoms with Crippen LogP contribution in [0.3, 0.4) is 0 Å². The average Bonchev–Trinajstić information content (AvgIpc) is 3.22. The molecule has 2 aromatic heterocycles. The number of carbonyl (C=O) groups is 1. The Morgan fingerprint density at radius 3 is 2.62 bits per heavy atom. The van der Waals surface area contributed by atoms with Crippen molar-refractivity contribution >= 4 is 22.6 Å². The lowest BCUT2D eigenvalue weighted by molar-refractivity contribution is -0.118. The molecule has 8 nitrogen and oxygen atoms in total. The predicted molar refractivity (Wildman–Crippen MR) is 77.0 cm³/mol. The van der Waals surface area contributed by atoms with Crippen LogP contribution < -0.4 is 22.3 Å². The van der Waals surface area contributed by atoms with Gasteiger partial charge in [0.05, 0.1) is 22.8 Å². The van der Waals surface area contributed by atoms with E-state index >= 15 is 0 Å². The van der Waals surface area contributed by atoms with Gasteiger partial charge in [-0.15, -0.1) is 0 Å². The first-order valence-corrected chi connectivity index (χ1v) is 6.49. The molecule has 1 aliphatic carbocycles. The highest BCUT2D eigenvalue weighted by Gasteiger charge is 2.45. The number of anilines is 1. The summed E-state index contributed by atoms with van der Waals surface area (Å²) < 4.78 is 2.29. The second kappa shape index (κ2) is 4.26. The standard InChI is InChI=1S/C13H15N5O3/c1-17-9-8(10(19)18(2)12(17)21)5-7(6-15-9)16-11(20)13(14)3-4-13/h5-6H,3-4,14H2,1-2H3,(H,16,20). The van der Waals surface area contributed by atoms with E-state index in [2.05, 4.69) is 10.3 Å². The third-order valence-electron chi connectivity index (χ3n) is 3.79. The molecule has 3 rings (SSSR count). The maximum absolute atomic E-state index is 12.1. The van der Waals surface area contributed by atoms with Crippen molar-refractivity contribution in [3.63, 3.8) is 0 Å². The van der Waals surface area contributed by atoms with Crippen LogP contribution in [0.1, 0.15) is 12.8 Å². The molecule has 2 heterocycles. The van der Waals surface area contributed by atoms with Gasteiger partial charge in [-0.05, 0) is 18.9 Å². The van der Waals surface area contributed by atoms with Crippen molar-refractivity contribution in [2.75, 3.05) is 5.32 Å². The van der Waals surface area contributed by atoms with Crippen molar-refractivity contribution in [1.29, 1.82) is 0 Å². The molecular formula is C13H15N5O3. The van der Waals surface area contributed by atoms with Crippen molar-refractivity contribution < 1.29 is 4.79 Å². The number of aryl methyl sites for hydroxylation is 1. The van der Waals surface area contributed by atoms with Gasteiger partial charge in [0.25, 0.3) is 5.56 Å². The number of pyridine rings is 1. The number of amides is 1. The summed E-state index contributed by atoms with van der Waals surface area (Å²) >= 11 is 0. The van der Waals surface area contributed by atoms with Crippen LogP contribution in [0.15, 0.2) is 21.9 Å². The van der Waals surface area contributed by atoms with Crippen molar-refractivity contribution in [2.24, 2.45) is 19.8 Å². The molecule has 2 aromatic rings. The quantitative estimate of drug-likeness (QED) is 0.741. The van der Waals surface area contributed by atoms with Crippen molar-refractivity contribution in [2.45, 2.75) is 18.4 Å². The monoisotopic (exact) mass is 289 g/mol. The summed E-state index contributed by atoms with van der Waals surface area (Å²) in [6.07, 6.45) is 2.71. The van der Waals surface area contributed by atoms with E-state index in [1.54, 1.807) is 0 Å². The molecule has 0 saturated heterocycles. The Morgan fingerprint density at radius 1 is 1.33 bits per heavy atom. The molecule has 1 aliphatic rings. The first-order valence-electron chi connectivity index (χ1n) is 6.49. The second-order valence-corrected chi connectivity index (χ2v) is 5.41. The lowest BCUT2D eigenvalue weighted by atomic mass is 10.2. The lowest BCUT2D eigenvalue weighted by Crippen LogP contribution is -2.38. The molecule has 8 heteroatoms. The minimum atomic E-state index is -0.802. The van der Waals surface area contributed by atoms with E-state index in [1.165, 1.54) is 30.9 Å². The number of nitrogens with zero attached hydrogens (tertiary/aromatic N) is 3. The summed E-state index contributed by atoms with van der Waals surface area (Å²) in [5, 5.41) is 2.92. The summed E-state index contributed by atoms with van der Waals surface area (Å²) in [7, 11) is 2.93. The van der Waals surface area contributed by atoms with Crippen LogP contribution in [0.5, 0.6) is 0 Å². The van der Waals surface area contributed by atoms with Crippen LogP contribution in [0.4, 0.5) is 5.69 Å². The Bertz CT molecular complexity index is 876. The SMILES string of the molecule is Cn1c(=O)c2cc(NC(=O)C3(N)CC3)cnc2n(C)c1=O. The predicted octanol–water partition coefficient (Wildman–Crippen LogP) is -0.938. The van der Waals surface area contributed by atoms with Gasteiger partial charge in [-0.3, -0.25) is 18.7 Å². The molecule has 21 heavy (non-hydrogen) atoms. The normalized spacial score (nSPS) is 16.0. The Labute approximate surface area is 119 Å². The van der Waals surface area contributed by atoms with Gasteiger partial charge in [0.15, 0.2) is 0 Å². The first kappa shape index (κ1) is 13.5. The molecule has 0 atom stereocenters. The zero-order chi connectivity index (χ0) is 15.4. The van der Waals surface area contributed by atoms with E-state index in [1.807, 2.05) is 0 Å². The van der Waals surface area contributed by atoms with E-state index in [9.17, 15) is 14.4 Å². The summed E-state index contributed by atoms with van der Waals surface area (Å²) in [4.78, 5) is 39.9. The Morgan fingerprint density at radius 2 is 2.00 bits per heavy atom. The van der Waals surface area contributed by atoms with Gasteiger partial charge in [-0.1, -0.05) is 0 Å². The summed E-state index contributed by atoms with van der Waals surface area (Å²) in [6, 6.07) is 1.51. The van der Waals surface area contributed by atoms with E-state index in [0.717, 1.165) is 4.57 Å². The smallest absolute Gasteiger partial charge is 0.323 e. The maximum Gasteiger partial charge on any atom is 0.332 e. The molecule has 0 unspecified atom stereocenters. The molecule has 0 spiro atoms. The largest absolute Gasteiger partial charge is 0.332 e. The molecule has 110 valence electrons. The fourth-order valence-electron chi connectivity index (χ4n) is 2.15. The fourth-order valence-corrected chi connectivity index (χ4v) is 2.15. The molecule has 1 amide bonds. The molecular weight excluding hydrogens is 274 g/mol. The minimum Gasteiger partial charge on any atom is -0.323 e. The van der Waals surface area contributed by atoms with E-state index in [0.29, 0.717) is 18.5 Å². The van der Waals surface area contributed by atoms with Gasteiger partial charge in [-0.2, -0.15) is 0 Å². The van der Waals surface area contributed by atoms with E-state index in [-0.39, 0.29) is 16.9 Å². The van der Waals surface area contributed by atoms with Gasteiger partial charge >= 0.3 is 5.69 Å². The Hall–Kier alpha value is -2.48. The number of carbonyl (C=O) groups excluding carboxylic acids is 1. The zero-order valence-corrected chi connectivity index (χ0v) is 11.7. The molecule has 0 radical (unpaired) electrons.